The quantitative estimate of drug-likeness (QED) is 0.716. The van der Waals surface area contributed by atoms with E-state index in [4.69, 9.17) is 6.42 Å². The first-order valence-corrected chi connectivity index (χ1v) is 6.43. The summed E-state index contributed by atoms with van der Waals surface area (Å²) in [6.07, 6.45) is 5.89. The number of aliphatic carboxylic acids is 1. The van der Waals surface area contributed by atoms with Crippen molar-refractivity contribution < 1.29 is 9.90 Å². The van der Waals surface area contributed by atoms with Crippen LogP contribution in [0.4, 0.5) is 5.69 Å². The molecule has 0 aliphatic carbocycles. The number of carboxylic acid groups (broad SMARTS) is 1. The summed E-state index contributed by atoms with van der Waals surface area (Å²) >= 11 is 0. The van der Waals surface area contributed by atoms with Gasteiger partial charge in [0.05, 0.1) is 12.5 Å². The van der Waals surface area contributed by atoms with E-state index in [9.17, 15) is 9.90 Å². The fourth-order valence-corrected chi connectivity index (χ4v) is 2.54. The van der Waals surface area contributed by atoms with Crippen LogP contribution in [-0.2, 0) is 4.79 Å². The van der Waals surface area contributed by atoms with E-state index in [-0.39, 0.29) is 11.8 Å². The van der Waals surface area contributed by atoms with Gasteiger partial charge in [-0.2, -0.15) is 0 Å². The lowest BCUT2D eigenvalue weighted by molar-refractivity contribution is -0.143. The monoisotopic (exact) mass is 258 g/mol. The van der Waals surface area contributed by atoms with Gasteiger partial charge in [-0.25, -0.2) is 0 Å². The van der Waals surface area contributed by atoms with Crippen molar-refractivity contribution in [3.05, 3.63) is 29.8 Å². The molecular formula is C15H18N2O2. The summed E-state index contributed by atoms with van der Waals surface area (Å²) in [4.78, 5) is 11.3. The number of piperidine rings is 1. The standard InChI is InChI=1S/C15H18N2O2/c1-2-7-17-12-5-3-4-11(9-12)14-10-16-8-6-13(14)15(18)19/h1,3-5,9,13-14,16-17H,6-8,10H2,(H,18,19)/t13-,14+/m1/s1. The summed E-state index contributed by atoms with van der Waals surface area (Å²) in [6, 6.07) is 7.84. The first-order chi connectivity index (χ1) is 9.22. The Morgan fingerprint density at radius 2 is 2.42 bits per heavy atom. The van der Waals surface area contributed by atoms with Gasteiger partial charge >= 0.3 is 5.97 Å². The largest absolute Gasteiger partial charge is 0.481 e. The second-order valence-corrected chi connectivity index (χ2v) is 4.73. The Hall–Kier alpha value is -1.99. The van der Waals surface area contributed by atoms with Crippen LogP contribution in [0.15, 0.2) is 24.3 Å². The second-order valence-electron chi connectivity index (χ2n) is 4.73. The van der Waals surface area contributed by atoms with Gasteiger partial charge in [0.25, 0.3) is 0 Å². The Kier molecular flexibility index (Phi) is 4.43. The first kappa shape index (κ1) is 13.4. The highest BCUT2D eigenvalue weighted by atomic mass is 16.4. The maximum Gasteiger partial charge on any atom is 0.307 e. The number of carboxylic acids is 1. The number of nitrogens with one attached hydrogen (secondary N) is 2. The predicted molar refractivity (Wildman–Crippen MR) is 75.1 cm³/mol. The van der Waals surface area contributed by atoms with Gasteiger partial charge in [0.15, 0.2) is 0 Å². The van der Waals surface area contributed by atoms with Crippen molar-refractivity contribution >= 4 is 11.7 Å². The lowest BCUT2D eigenvalue weighted by Gasteiger charge is -2.29. The Labute approximate surface area is 113 Å². The zero-order valence-corrected chi connectivity index (χ0v) is 10.7. The molecule has 0 spiro atoms. The number of carbonyl (C=O) groups is 1. The van der Waals surface area contributed by atoms with Crippen LogP contribution in [0.5, 0.6) is 0 Å². The van der Waals surface area contributed by atoms with Crippen molar-refractivity contribution in [2.75, 3.05) is 25.0 Å². The zero-order chi connectivity index (χ0) is 13.7. The SMILES string of the molecule is C#CCNc1cccc([C@@H]2CNCC[C@H]2C(=O)O)c1. The molecule has 1 fully saturated rings. The fraction of sp³-hybridized carbons (Fsp3) is 0.400. The molecule has 1 aromatic rings. The van der Waals surface area contributed by atoms with Crippen LogP contribution >= 0.6 is 0 Å². The van der Waals surface area contributed by atoms with Crippen LogP contribution in [0.1, 0.15) is 17.9 Å². The molecule has 1 saturated heterocycles. The Balaban J connectivity index is 2.19. The zero-order valence-electron chi connectivity index (χ0n) is 10.7. The maximum absolute atomic E-state index is 11.3. The van der Waals surface area contributed by atoms with E-state index < -0.39 is 5.97 Å². The summed E-state index contributed by atoms with van der Waals surface area (Å²) < 4.78 is 0. The highest BCUT2D eigenvalue weighted by molar-refractivity contribution is 5.72. The van der Waals surface area contributed by atoms with E-state index in [1.807, 2.05) is 24.3 Å². The van der Waals surface area contributed by atoms with E-state index >= 15 is 0 Å². The summed E-state index contributed by atoms with van der Waals surface area (Å²) in [5.74, 6) is 1.51. The van der Waals surface area contributed by atoms with Gasteiger partial charge in [0.2, 0.25) is 0 Å². The second kappa shape index (κ2) is 6.26. The van der Waals surface area contributed by atoms with E-state index in [2.05, 4.69) is 16.6 Å². The van der Waals surface area contributed by atoms with Crippen LogP contribution < -0.4 is 10.6 Å². The molecule has 0 saturated carbocycles. The third-order valence-electron chi connectivity index (χ3n) is 3.51. The van der Waals surface area contributed by atoms with Gasteiger partial charge in [-0.3, -0.25) is 4.79 Å². The smallest absolute Gasteiger partial charge is 0.307 e. The molecule has 1 heterocycles. The Morgan fingerprint density at radius 1 is 1.58 bits per heavy atom. The number of anilines is 1. The van der Waals surface area contributed by atoms with Crippen LogP contribution in [0.2, 0.25) is 0 Å². The van der Waals surface area contributed by atoms with Gasteiger partial charge in [0, 0.05) is 18.2 Å². The van der Waals surface area contributed by atoms with Crippen molar-refractivity contribution in [1.29, 1.82) is 0 Å². The number of hydrogen-bond acceptors (Lipinski definition) is 3. The number of terminal acetylenes is 1. The lowest BCUT2D eigenvalue weighted by Crippen LogP contribution is -2.38. The minimum Gasteiger partial charge on any atom is -0.481 e. The molecule has 19 heavy (non-hydrogen) atoms. The average molecular weight is 258 g/mol. The van der Waals surface area contributed by atoms with E-state index in [0.29, 0.717) is 19.5 Å². The number of benzene rings is 1. The fourth-order valence-electron chi connectivity index (χ4n) is 2.54. The van der Waals surface area contributed by atoms with Crippen LogP contribution in [0.3, 0.4) is 0 Å². The summed E-state index contributed by atoms with van der Waals surface area (Å²) in [6.45, 7) is 1.94. The molecular weight excluding hydrogens is 240 g/mol. The number of hydrogen-bond donors (Lipinski definition) is 3. The van der Waals surface area contributed by atoms with E-state index in [1.54, 1.807) is 0 Å². The molecule has 4 heteroatoms. The summed E-state index contributed by atoms with van der Waals surface area (Å²) in [7, 11) is 0. The molecule has 1 aliphatic rings. The Bertz CT molecular complexity index is 493. The molecule has 4 nitrogen and oxygen atoms in total. The van der Waals surface area contributed by atoms with Crippen LogP contribution in [0, 0.1) is 18.3 Å². The normalized spacial score (nSPS) is 22.5. The van der Waals surface area contributed by atoms with Gasteiger partial charge in [-0.1, -0.05) is 18.1 Å². The molecule has 0 aromatic heterocycles. The molecule has 0 radical (unpaired) electrons. The molecule has 0 unspecified atom stereocenters. The van der Waals surface area contributed by atoms with Gasteiger partial charge in [0.1, 0.15) is 0 Å². The molecule has 2 atom stereocenters. The average Bonchev–Trinajstić information content (AvgIpc) is 2.45. The van der Waals surface area contributed by atoms with Gasteiger partial charge in [-0.15, -0.1) is 6.42 Å². The van der Waals surface area contributed by atoms with E-state index in [1.165, 1.54) is 0 Å². The van der Waals surface area contributed by atoms with Crippen LogP contribution in [-0.4, -0.2) is 30.7 Å². The van der Waals surface area contributed by atoms with Gasteiger partial charge in [-0.05, 0) is 30.7 Å². The first-order valence-electron chi connectivity index (χ1n) is 6.43. The van der Waals surface area contributed by atoms with Crippen molar-refractivity contribution in [1.82, 2.24) is 5.32 Å². The maximum atomic E-state index is 11.3. The molecule has 3 N–H and O–H groups in total. The predicted octanol–water partition coefficient (Wildman–Crippen LogP) is 1.51. The molecule has 100 valence electrons. The topological polar surface area (TPSA) is 61.4 Å². The highest BCUT2D eigenvalue weighted by Crippen LogP contribution is 2.30. The van der Waals surface area contributed by atoms with Crippen LogP contribution in [0.25, 0.3) is 0 Å². The lowest BCUT2D eigenvalue weighted by atomic mass is 9.81. The molecule has 0 bridgehead atoms. The number of rotatable bonds is 4. The third-order valence-corrected chi connectivity index (χ3v) is 3.51. The molecule has 2 rings (SSSR count). The summed E-state index contributed by atoms with van der Waals surface area (Å²) in [5, 5.41) is 15.7. The molecule has 0 amide bonds. The summed E-state index contributed by atoms with van der Waals surface area (Å²) in [5.41, 5.74) is 1.98. The molecule has 1 aromatic carbocycles. The third kappa shape index (κ3) is 3.27. The molecule has 1 aliphatic heterocycles. The van der Waals surface area contributed by atoms with Gasteiger partial charge < -0.3 is 15.7 Å². The van der Waals surface area contributed by atoms with Crippen molar-refractivity contribution in [3.8, 4) is 12.3 Å². The van der Waals surface area contributed by atoms with Crippen molar-refractivity contribution in [2.45, 2.75) is 12.3 Å². The minimum atomic E-state index is -0.714. The minimum absolute atomic E-state index is 0.0128. The van der Waals surface area contributed by atoms with Crippen molar-refractivity contribution in [2.24, 2.45) is 5.92 Å². The van der Waals surface area contributed by atoms with Crippen molar-refractivity contribution in [3.63, 3.8) is 0 Å². The van der Waals surface area contributed by atoms with E-state index in [0.717, 1.165) is 17.8 Å². The Morgan fingerprint density at radius 3 is 3.16 bits per heavy atom. The highest BCUT2D eigenvalue weighted by Gasteiger charge is 2.31.